The average Bonchev–Trinajstić information content (AvgIpc) is 2.49. The second-order valence-corrected chi connectivity index (χ2v) is 6.34. The van der Waals surface area contributed by atoms with Crippen LogP contribution in [0.5, 0.6) is 0 Å². The Morgan fingerprint density at radius 2 is 1.75 bits per heavy atom. The molecule has 0 radical (unpaired) electrons. The summed E-state index contributed by atoms with van der Waals surface area (Å²) in [5.74, 6) is -0.496. The van der Waals surface area contributed by atoms with Crippen molar-refractivity contribution in [3.63, 3.8) is 0 Å². The fraction of sp³-hybridized carbons (Fsp3) is 0.263. The monoisotopic (exact) mass is 344 g/mol. The molecule has 0 unspecified atom stereocenters. The Kier molecular flexibility index (Phi) is 5.99. The van der Waals surface area contributed by atoms with E-state index in [2.05, 4.69) is 10.6 Å². The Bertz CT molecular complexity index is 749. The van der Waals surface area contributed by atoms with Crippen LogP contribution in [0.25, 0.3) is 0 Å². The highest BCUT2D eigenvalue weighted by Crippen LogP contribution is 2.27. The van der Waals surface area contributed by atoms with Gasteiger partial charge in [0.25, 0.3) is 0 Å². The van der Waals surface area contributed by atoms with E-state index in [1.807, 2.05) is 51.1 Å². The third-order valence-electron chi connectivity index (χ3n) is 3.59. The number of aryl methyl sites for hydroxylation is 3. The first-order valence-corrected chi connectivity index (χ1v) is 8.12. The molecule has 0 saturated heterocycles. The van der Waals surface area contributed by atoms with Gasteiger partial charge < -0.3 is 10.6 Å². The van der Waals surface area contributed by atoms with Gasteiger partial charge in [0.1, 0.15) is 0 Å². The van der Waals surface area contributed by atoms with Gasteiger partial charge in [0.2, 0.25) is 11.8 Å². The maximum absolute atomic E-state index is 12.0. The zero-order valence-electron chi connectivity index (χ0n) is 14.1. The van der Waals surface area contributed by atoms with E-state index in [-0.39, 0.29) is 24.8 Å². The van der Waals surface area contributed by atoms with Gasteiger partial charge in [-0.25, -0.2) is 0 Å². The van der Waals surface area contributed by atoms with Crippen LogP contribution in [0, 0.1) is 20.8 Å². The Balaban J connectivity index is 1.88. The fourth-order valence-corrected chi connectivity index (χ4v) is 2.87. The zero-order valence-corrected chi connectivity index (χ0v) is 14.8. The van der Waals surface area contributed by atoms with Crippen LogP contribution in [0.15, 0.2) is 36.4 Å². The summed E-state index contributed by atoms with van der Waals surface area (Å²) >= 11 is 6.16. The summed E-state index contributed by atoms with van der Waals surface area (Å²) in [6, 6.07) is 11.5. The van der Waals surface area contributed by atoms with Gasteiger partial charge in [-0.3, -0.25) is 9.59 Å². The predicted octanol–water partition coefficient (Wildman–Crippen LogP) is 3.56. The number of rotatable bonds is 5. The van der Waals surface area contributed by atoms with Crippen molar-refractivity contribution in [3.8, 4) is 0 Å². The van der Waals surface area contributed by atoms with Crippen LogP contribution in [0.3, 0.4) is 0 Å². The second-order valence-electron chi connectivity index (χ2n) is 5.93. The van der Waals surface area contributed by atoms with Gasteiger partial charge in [-0.15, -0.1) is 0 Å². The van der Waals surface area contributed by atoms with Crippen molar-refractivity contribution in [2.45, 2.75) is 27.2 Å². The van der Waals surface area contributed by atoms with Crippen molar-refractivity contribution in [3.05, 3.63) is 63.7 Å². The Hall–Kier alpha value is -2.33. The maximum Gasteiger partial charge on any atom is 0.243 e. The van der Waals surface area contributed by atoms with Crippen LogP contribution in [-0.2, 0) is 16.0 Å². The van der Waals surface area contributed by atoms with Gasteiger partial charge in [-0.2, -0.15) is 0 Å². The molecule has 0 atom stereocenters. The number of anilines is 1. The lowest BCUT2D eigenvalue weighted by molar-refractivity contribution is -0.123. The van der Waals surface area contributed by atoms with Crippen LogP contribution in [0.1, 0.15) is 22.3 Å². The van der Waals surface area contributed by atoms with Crippen molar-refractivity contribution in [2.75, 3.05) is 11.9 Å². The smallest absolute Gasteiger partial charge is 0.243 e. The number of amides is 2. The maximum atomic E-state index is 12.0. The van der Waals surface area contributed by atoms with Gasteiger partial charge in [-0.05, 0) is 43.5 Å². The lowest BCUT2D eigenvalue weighted by Gasteiger charge is -2.12. The summed E-state index contributed by atoms with van der Waals surface area (Å²) < 4.78 is 0. The molecule has 2 amide bonds. The molecule has 126 valence electrons. The number of carbonyl (C=O) groups excluding carboxylic acids is 2. The highest BCUT2D eigenvalue weighted by molar-refractivity contribution is 6.34. The molecule has 5 heteroatoms. The van der Waals surface area contributed by atoms with E-state index in [1.54, 1.807) is 6.07 Å². The van der Waals surface area contributed by atoms with Gasteiger partial charge in [0.15, 0.2) is 0 Å². The molecule has 0 fully saturated rings. The molecule has 0 spiro atoms. The van der Waals surface area contributed by atoms with Crippen molar-refractivity contribution < 1.29 is 9.59 Å². The zero-order chi connectivity index (χ0) is 17.7. The van der Waals surface area contributed by atoms with Crippen molar-refractivity contribution in [2.24, 2.45) is 0 Å². The summed E-state index contributed by atoms with van der Waals surface area (Å²) in [6.07, 6.45) is 0.249. The number of hydrogen-bond donors (Lipinski definition) is 2. The van der Waals surface area contributed by atoms with Gasteiger partial charge in [-0.1, -0.05) is 47.5 Å². The Morgan fingerprint density at radius 3 is 2.42 bits per heavy atom. The van der Waals surface area contributed by atoms with Crippen molar-refractivity contribution in [1.29, 1.82) is 0 Å². The molecule has 2 rings (SSSR count). The Labute approximate surface area is 147 Å². The van der Waals surface area contributed by atoms with E-state index >= 15 is 0 Å². The molecule has 2 aromatic carbocycles. The average molecular weight is 345 g/mol. The number of benzene rings is 2. The lowest BCUT2D eigenvalue weighted by Crippen LogP contribution is -2.34. The molecular weight excluding hydrogens is 324 g/mol. The molecule has 0 saturated carbocycles. The predicted molar refractivity (Wildman–Crippen MR) is 97.4 cm³/mol. The molecule has 0 heterocycles. The van der Waals surface area contributed by atoms with Crippen LogP contribution >= 0.6 is 11.6 Å². The van der Waals surface area contributed by atoms with E-state index in [0.717, 1.165) is 22.3 Å². The van der Waals surface area contributed by atoms with E-state index in [9.17, 15) is 9.59 Å². The van der Waals surface area contributed by atoms with E-state index in [4.69, 9.17) is 11.6 Å². The molecule has 2 aromatic rings. The summed E-state index contributed by atoms with van der Waals surface area (Å²) in [6.45, 7) is 5.71. The molecular formula is C19H21ClN2O2. The largest absolute Gasteiger partial charge is 0.347 e. The highest BCUT2D eigenvalue weighted by atomic mass is 35.5. The molecule has 24 heavy (non-hydrogen) atoms. The minimum atomic E-state index is -0.304. The molecule has 0 aromatic heterocycles. The van der Waals surface area contributed by atoms with Gasteiger partial charge in [0, 0.05) is 0 Å². The molecule has 0 aliphatic heterocycles. The first kappa shape index (κ1) is 18.0. The van der Waals surface area contributed by atoms with E-state index in [0.29, 0.717) is 10.7 Å². The van der Waals surface area contributed by atoms with Gasteiger partial charge in [0.05, 0.1) is 23.7 Å². The quantitative estimate of drug-likeness (QED) is 0.871. The van der Waals surface area contributed by atoms with Crippen LogP contribution in [-0.4, -0.2) is 18.4 Å². The highest BCUT2D eigenvalue weighted by Gasteiger charge is 2.11. The molecule has 0 bridgehead atoms. The minimum Gasteiger partial charge on any atom is -0.347 e. The molecule has 0 aliphatic carbocycles. The topological polar surface area (TPSA) is 58.2 Å². The molecule has 4 nitrogen and oxygen atoms in total. The van der Waals surface area contributed by atoms with E-state index < -0.39 is 0 Å². The third kappa shape index (κ3) is 5.10. The summed E-state index contributed by atoms with van der Waals surface area (Å²) in [7, 11) is 0. The second kappa shape index (κ2) is 7.97. The van der Waals surface area contributed by atoms with E-state index in [1.165, 1.54) is 0 Å². The lowest BCUT2D eigenvalue weighted by atomic mass is 10.1. The normalized spacial score (nSPS) is 10.3. The number of halogens is 1. The summed E-state index contributed by atoms with van der Waals surface area (Å²) in [5.41, 5.74) is 4.52. The minimum absolute atomic E-state index is 0.0890. The summed E-state index contributed by atoms with van der Waals surface area (Å²) in [4.78, 5) is 24.0. The Morgan fingerprint density at radius 1 is 1.00 bits per heavy atom. The van der Waals surface area contributed by atoms with Crippen molar-refractivity contribution >= 4 is 29.1 Å². The molecule has 2 N–H and O–H groups in total. The standard InChI is InChI=1S/C19H21ClN2O2/c1-12-5-4-6-15(8-12)10-17(23)21-11-18(24)22-19-14(3)7-13(2)9-16(19)20/h4-9H,10-11H2,1-3H3,(H,21,23)(H,22,24). The van der Waals surface area contributed by atoms with Crippen LogP contribution in [0.2, 0.25) is 5.02 Å². The fourth-order valence-electron chi connectivity index (χ4n) is 2.51. The summed E-state index contributed by atoms with van der Waals surface area (Å²) in [5, 5.41) is 5.87. The van der Waals surface area contributed by atoms with Crippen molar-refractivity contribution in [1.82, 2.24) is 5.32 Å². The first-order valence-electron chi connectivity index (χ1n) is 7.74. The number of carbonyl (C=O) groups is 2. The third-order valence-corrected chi connectivity index (χ3v) is 3.89. The SMILES string of the molecule is Cc1cccc(CC(=O)NCC(=O)Nc2c(C)cc(C)cc2Cl)c1. The van der Waals surface area contributed by atoms with Crippen LogP contribution in [0.4, 0.5) is 5.69 Å². The number of nitrogens with one attached hydrogen (secondary N) is 2. The van der Waals surface area contributed by atoms with Crippen LogP contribution < -0.4 is 10.6 Å². The van der Waals surface area contributed by atoms with Gasteiger partial charge >= 0.3 is 0 Å². The molecule has 0 aliphatic rings. The first-order chi connectivity index (χ1) is 11.3. The number of hydrogen-bond acceptors (Lipinski definition) is 2.